The van der Waals surface area contributed by atoms with Gasteiger partial charge in [0.2, 0.25) is 5.95 Å². The van der Waals surface area contributed by atoms with Crippen molar-refractivity contribution in [1.29, 1.82) is 0 Å². The van der Waals surface area contributed by atoms with Gasteiger partial charge >= 0.3 is 0 Å². The Balaban J connectivity index is 2.12. The lowest BCUT2D eigenvalue weighted by molar-refractivity contribution is 0.172. The second-order valence-electron chi connectivity index (χ2n) is 7.90. The second kappa shape index (κ2) is 8.38. The number of fused-ring (bicyclic) bond motifs is 1. The molecule has 3 aromatic rings. The van der Waals surface area contributed by atoms with Gasteiger partial charge < -0.3 is 15.6 Å². The molecule has 0 bridgehead atoms. The third-order valence-electron chi connectivity index (χ3n) is 4.08. The molecule has 3 aromatic heterocycles. The molecule has 6 nitrogen and oxygen atoms in total. The number of rotatable bonds is 6. The number of hydrogen-bond acceptors (Lipinski definition) is 6. The standard InChI is InChI=1S/C20H24ClFN4O2S/c1-11(9-27)10-28-16-8-26-15(6-17(16)29-20(2,3)4)13(7-24-26)12-5-14(21)19(23)25-18(12)22/h5-8,11,27H,9-10H2,1-4H3,(H2,23,25)/t11-/m1/s1. The van der Waals surface area contributed by atoms with Gasteiger partial charge in [-0.3, -0.25) is 0 Å². The zero-order valence-corrected chi connectivity index (χ0v) is 18.3. The average Bonchev–Trinajstić information content (AvgIpc) is 3.03. The van der Waals surface area contributed by atoms with Crippen molar-refractivity contribution in [2.45, 2.75) is 37.3 Å². The zero-order chi connectivity index (χ0) is 21.3. The summed E-state index contributed by atoms with van der Waals surface area (Å²) in [7, 11) is 0. The smallest absolute Gasteiger partial charge is 0.222 e. The summed E-state index contributed by atoms with van der Waals surface area (Å²) < 4.78 is 22.0. The first kappa shape index (κ1) is 21.7. The van der Waals surface area contributed by atoms with Crippen LogP contribution in [0.2, 0.25) is 5.02 Å². The van der Waals surface area contributed by atoms with Gasteiger partial charge in [0.15, 0.2) is 5.75 Å². The SMILES string of the molecule is C[C@H](CO)COc1cn2ncc(-c3cc(Cl)c(N)nc3F)c2cc1SC(C)(C)C. The van der Waals surface area contributed by atoms with Crippen LogP contribution in [0, 0.1) is 11.9 Å². The second-order valence-corrected chi connectivity index (χ2v) is 10.2. The van der Waals surface area contributed by atoms with Gasteiger partial charge in [0.1, 0.15) is 5.82 Å². The van der Waals surface area contributed by atoms with Crippen LogP contribution in [-0.4, -0.2) is 37.7 Å². The van der Waals surface area contributed by atoms with Gasteiger partial charge in [0.25, 0.3) is 0 Å². The third kappa shape index (κ3) is 4.94. The van der Waals surface area contributed by atoms with E-state index in [9.17, 15) is 9.50 Å². The zero-order valence-electron chi connectivity index (χ0n) is 16.7. The van der Waals surface area contributed by atoms with Gasteiger partial charge in [-0.25, -0.2) is 9.50 Å². The molecule has 3 N–H and O–H groups in total. The first-order valence-corrected chi connectivity index (χ1v) is 10.3. The monoisotopic (exact) mass is 438 g/mol. The molecule has 0 saturated heterocycles. The topological polar surface area (TPSA) is 85.7 Å². The molecule has 0 aliphatic carbocycles. The molecule has 0 aromatic carbocycles. The number of thioether (sulfide) groups is 1. The van der Waals surface area contributed by atoms with Crippen molar-refractivity contribution in [2.24, 2.45) is 5.92 Å². The van der Waals surface area contributed by atoms with Gasteiger partial charge in [-0.05, 0) is 12.1 Å². The average molecular weight is 439 g/mol. The van der Waals surface area contributed by atoms with Gasteiger partial charge in [0, 0.05) is 28.4 Å². The molecule has 0 radical (unpaired) electrons. The molecule has 1 atom stereocenters. The fraction of sp³-hybridized carbons (Fsp3) is 0.400. The molecule has 0 fully saturated rings. The Hall–Kier alpha value is -2.03. The van der Waals surface area contributed by atoms with E-state index in [-0.39, 0.29) is 33.7 Å². The van der Waals surface area contributed by atoms with Crippen molar-refractivity contribution in [3.63, 3.8) is 0 Å². The first-order valence-electron chi connectivity index (χ1n) is 9.15. The predicted octanol–water partition coefficient (Wildman–Crippen LogP) is 4.67. The summed E-state index contributed by atoms with van der Waals surface area (Å²) in [5.74, 6) is -0.101. The Morgan fingerprint density at radius 2 is 2.07 bits per heavy atom. The lowest BCUT2D eigenvalue weighted by atomic mass is 10.1. The van der Waals surface area contributed by atoms with Crippen LogP contribution >= 0.6 is 23.4 Å². The molecule has 0 spiro atoms. The maximum absolute atomic E-state index is 14.5. The van der Waals surface area contributed by atoms with E-state index in [1.807, 2.05) is 13.0 Å². The molecule has 156 valence electrons. The van der Waals surface area contributed by atoms with E-state index in [4.69, 9.17) is 22.1 Å². The molecule has 3 heterocycles. The lowest BCUT2D eigenvalue weighted by Gasteiger charge is -2.21. The number of anilines is 1. The number of aliphatic hydroxyl groups is 1. The minimum Gasteiger partial charge on any atom is -0.490 e. The van der Waals surface area contributed by atoms with Crippen LogP contribution in [0.1, 0.15) is 27.7 Å². The van der Waals surface area contributed by atoms with Crippen molar-refractivity contribution in [3.05, 3.63) is 35.5 Å². The van der Waals surface area contributed by atoms with E-state index in [1.54, 1.807) is 28.7 Å². The summed E-state index contributed by atoms with van der Waals surface area (Å²) in [6.07, 6.45) is 3.33. The summed E-state index contributed by atoms with van der Waals surface area (Å²) in [6.45, 7) is 8.62. The largest absolute Gasteiger partial charge is 0.490 e. The molecular weight excluding hydrogens is 415 g/mol. The highest BCUT2D eigenvalue weighted by Crippen LogP contribution is 2.40. The molecule has 9 heteroatoms. The van der Waals surface area contributed by atoms with Crippen LogP contribution in [-0.2, 0) is 0 Å². The first-order chi connectivity index (χ1) is 13.6. The summed E-state index contributed by atoms with van der Waals surface area (Å²) in [6, 6.07) is 3.38. The number of ether oxygens (including phenoxy) is 1. The number of hydrogen-bond donors (Lipinski definition) is 2. The van der Waals surface area contributed by atoms with Crippen LogP contribution in [0.25, 0.3) is 16.6 Å². The quantitative estimate of drug-likeness (QED) is 0.429. The van der Waals surface area contributed by atoms with Gasteiger partial charge in [-0.15, -0.1) is 11.8 Å². The van der Waals surface area contributed by atoms with Crippen LogP contribution < -0.4 is 10.5 Å². The van der Waals surface area contributed by atoms with E-state index >= 15 is 0 Å². The predicted molar refractivity (Wildman–Crippen MR) is 115 cm³/mol. The summed E-state index contributed by atoms with van der Waals surface area (Å²) in [4.78, 5) is 4.58. The molecule has 0 saturated carbocycles. The van der Waals surface area contributed by atoms with Gasteiger partial charge in [0.05, 0.1) is 34.4 Å². The van der Waals surface area contributed by atoms with Crippen molar-refractivity contribution < 1.29 is 14.2 Å². The molecule has 0 unspecified atom stereocenters. The van der Waals surface area contributed by atoms with E-state index in [0.717, 1.165) is 4.90 Å². The maximum atomic E-state index is 14.5. The normalized spacial score (nSPS) is 13.1. The molecule has 0 amide bonds. The molecule has 29 heavy (non-hydrogen) atoms. The molecular formula is C20H24ClFN4O2S. The number of nitrogens with zero attached hydrogens (tertiary/aromatic N) is 3. The number of aromatic nitrogens is 3. The Kier molecular flexibility index (Phi) is 6.26. The van der Waals surface area contributed by atoms with Crippen molar-refractivity contribution in [3.8, 4) is 16.9 Å². The number of nitrogens with two attached hydrogens (primary N) is 1. The fourth-order valence-corrected chi connectivity index (χ4v) is 3.86. The van der Waals surface area contributed by atoms with Crippen molar-refractivity contribution in [1.82, 2.24) is 14.6 Å². The minimum absolute atomic E-state index is 0.00320. The lowest BCUT2D eigenvalue weighted by Crippen LogP contribution is -2.14. The van der Waals surface area contributed by atoms with Gasteiger partial charge in [-0.2, -0.15) is 9.49 Å². The van der Waals surface area contributed by atoms with Crippen LogP contribution in [0.3, 0.4) is 0 Å². The van der Waals surface area contributed by atoms with Gasteiger partial charge in [-0.1, -0.05) is 39.3 Å². The highest BCUT2D eigenvalue weighted by atomic mass is 35.5. The number of pyridine rings is 2. The van der Waals surface area contributed by atoms with Crippen molar-refractivity contribution in [2.75, 3.05) is 18.9 Å². The Bertz CT molecular complexity index is 1040. The van der Waals surface area contributed by atoms with E-state index in [1.165, 1.54) is 6.07 Å². The fourth-order valence-electron chi connectivity index (χ4n) is 2.67. The Labute approximate surface area is 178 Å². The number of nitrogen functional groups attached to an aromatic ring is 1. The Morgan fingerprint density at radius 1 is 1.34 bits per heavy atom. The summed E-state index contributed by atoms with van der Waals surface area (Å²) >= 11 is 7.69. The number of aliphatic hydroxyl groups excluding tert-OH is 1. The van der Waals surface area contributed by atoms with E-state index in [2.05, 4.69) is 30.9 Å². The third-order valence-corrected chi connectivity index (χ3v) is 5.54. The van der Waals surface area contributed by atoms with E-state index < -0.39 is 5.95 Å². The molecule has 3 rings (SSSR count). The summed E-state index contributed by atoms with van der Waals surface area (Å²) in [5.41, 5.74) is 7.08. The molecule has 0 aliphatic heterocycles. The van der Waals surface area contributed by atoms with Crippen LogP contribution in [0.4, 0.5) is 10.2 Å². The van der Waals surface area contributed by atoms with Crippen LogP contribution in [0.15, 0.2) is 29.4 Å². The highest BCUT2D eigenvalue weighted by molar-refractivity contribution is 8.00. The minimum atomic E-state index is -0.705. The number of halogens is 2. The Morgan fingerprint density at radius 3 is 2.72 bits per heavy atom. The summed E-state index contributed by atoms with van der Waals surface area (Å²) in [5, 5.41) is 13.8. The highest BCUT2D eigenvalue weighted by Gasteiger charge is 2.21. The molecule has 0 aliphatic rings. The maximum Gasteiger partial charge on any atom is 0.222 e. The van der Waals surface area contributed by atoms with Crippen LogP contribution in [0.5, 0.6) is 5.75 Å². The van der Waals surface area contributed by atoms with Crippen molar-refractivity contribution >= 4 is 34.7 Å². The van der Waals surface area contributed by atoms with E-state index in [0.29, 0.717) is 23.4 Å².